The van der Waals surface area contributed by atoms with Gasteiger partial charge in [0.15, 0.2) is 0 Å². The lowest BCUT2D eigenvalue weighted by Gasteiger charge is -2.12. The average Bonchev–Trinajstić information content (AvgIpc) is 2.92. The van der Waals surface area contributed by atoms with E-state index >= 15 is 0 Å². The SMILES string of the molecule is CC(NS(=O)(=O)CCOc1cccc(N)c1)c1ccco1. The predicted octanol–water partition coefficient (Wildman–Crippen LogP) is 1.92. The molecule has 114 valence electrons. The van der Waals surface area contributed by atoms with Gasteiger partial charge in [0.2, 0.25) is 10.0 Å². The summed E-state index contributed by atoms with van der Waals surface area (Å²) in [5, 5.41) is 0. The summed E-state index contributed by atoms with van der Waals surface area (Å²) in [7, 11) is -3.45. The zero-order valence-corrected chi connectivity index (χ0v) is 12.5. The van der Waals surface area contributed by atoms with Crippen molar-refractivity contribution in [2.75, 3.05) is 18.1 Å². The second-order valence-electron chi connectivity index (χ2n) is 4.59. The first-order valence-corrected chi connectivity index (χ1v) is 8.13. The molecule has 0 aliphatic rings. The lowest BCUT2D eigenvalue weighted by molar-refractivity contribution is 0.340. The molecular weight excluding hydrogens is 292 g/mol. The van der Waals surface area contributed by atoms with E-state index in [-0.39, 0.29) is 12.4 Å². The Kier molecular flexibility index (Phi) is 4.87. The molecular formula is C14H18N2O4S. The van der Waals surface area contributed by atoms with E-state index in [1.807, 2.05) is 0 Å². The molecule has 3 N–H and O–H groups in total. The molecule has 1 atom stereocenters. The zero-order chi connectivity index (χ0) is 15.3. The van der Waals surface area contributed by atoms with Gasteiger partial charge in [0.05, 0.1) is 18.1 Å². The van der Waals surface area contributed by atoms with E-state index in [0.29, 0.717) is 17.2 Å². The monoisotopic (exact) mass is 310 g/mol. The van der Waals surface area contributed by atoms with Crippen LogP contribution in [-0.2, 0) is 10.0 Å². The van der Waals surface area contributed by atoms with Crippen molar-refractivity contribution in [2.24, 2.45) is 0 Å². The van der Waals surface area contributed by atoms with E-state index in [9.17, 15) is 8.42 Å². The Morgan fingerprint density at radius 2 is 2.14 bits per heavy atom. The van der Waals surface area contributed by atoms with Crippen LogP contribution in [0.3, 0.4) is 0 Å². The number of anilines is 1. The van der Waals surface area contributed by atoms with Crippen molar-refractivity contribution in [3.8, 4) is 5.75 Å². The van der Waals surface area contributed by atoms with Gasteiger partial charge in [0.25, 0.3) is 0 Å². The Morgan fingerprint density at radius 1 is 1.33 bits per heavy atom. The van der Waals surface area contributed by atoms with E-state index in [0.717, 1.165) is 0 Å². The number of ether oxygens (including phenoxy) is 1. The van der Waals surface area contributed by atoms with Crippen LogP contribution in [-0.4, -0.2) is 20.8 Å². The van der Waals surface area contributed by atoms with E-state index in [4.69, 9.17) is 14.9 Å². The largest absolute Gasteiger partial charge is 0.492 e. The standard InChI is InChI=1S/C14H18N2O4S/c1-11(14-6-3-7-20-14)16-21(17,18)9-8-19-13-5-2-4-12(15)10-13/h2-7,10-11,16H,8-9,15H2,1H3. The van der Waals surface area contributed by atoms with Gasteiger partial charge < -0.3 is 14.9 Å². The van der Waals surface area contributed by atoms with Crippen molar-refractivity contribution in [1.82, 2.24) is 4.72 Å². The van der Waals surface area contributed by atoms with Gasteiger partial charge in [-0.15, -0.1) is 0 Å². The number of hydrogen-bond acceptors (Lipinski definition) is 5. The minimum Gasteiger partial charge on any atom is -0.492 e. The maximum absolute atomic E-state index is 11.9. The highest BCUT2D eigenvalue weighted by molar-refractivity contribution is 7.89. The summed E-state index contributed by atoms with van der Waals surface area (Å²) in [4.78, 5) is 0. The van der Waals surface area contributed by atoms with Crippen LogP contribution in [0.1, 0.15) is 18.7 Å². The van der Waals surface area contributed by atoms with Gasteiger partial charge in [-0.05, 0) is 31.2 Å². The molecule has 1 heterocycles. The Bertz CT molecular complexity index is 668. The molecule has 1 aromatic carbocycles. The molecule has 0 aliphatic carbocycles. The fourth-order valence-corrected chi connectivity index (χ4v) is 2.87. The van der Waals surface area contributed by atoms with Crippen LogP contribution >= 0.6 is 0 Å². The van der Waals surface area contributed by atoms with Crippen molar-refractivity contribution in [3.05, 3.63) is 48.4 Å². The van der Waals surface area contributed by atoms with Crippen LogP contribution < -0.4 is 15.2 Å². The third-order valence-corrected chi connectivity index (χ3v) is 4.22. The maximum atomic E-state index is 11.9. The van der Waals surface area contributed by atoms with Gasteiger partial charge >= 0.3 is 0 Å². The lowest BCUT2D eigenvalue weighted by Crippen LogP contribution is -2.31. The Balaban J connectivity index is 1.84. The number of furan rings is 1. The number of hydrogen-bond donors (Lipinski definition) is 2. The molecule has 2 aromatic rings. The van der Waals surface area contributed by atoms with Crippen LogP contribution in [0.4, 0.5) is 5.69 Å². The van der Waals surface area contributed by atoms with Crippen molar-refractivity contribution in [1.29, 1.82) is 0 Å². The van der Waals surface area contributed by atoms with E-state index < -0.39 is 16.1 Å². The maximum Gasteiger partial charge on any atom is 0.215 e. The molecule has 1 aromatic heterocycles. The second kappa shape index (κ2) is 6.64. The molecule has 6 nitrogen and oxygen atoms in total. The molecule has 0 spiro atoms. The molecule has 0 bridgehead atoms. The molecule has 0 saturated carbocycles. The van der Waals surface area contributed by atoms with Gasteiger partial charge in [0.1, 0.15) is 18.1 Å². The topological polar surface area (TPSA) is 94.6 Å². The fourth-order valence-electron chi connectivity index (χ4n) is 1.80. The van der Waals surface area contributed by atoms with Gasteiger partial charge in [0, 0.05) is 11.8 Å². The molecule has 2 rings (SSSR count). The Labute approximate surface area is 124 Å². The number of benzene rings is 1. The zero-order valence-electron chi connectivity index (χ0n) is 11.7. The minimum atomic E-state index is -3.45. The Hall–Kier alpha value is -1.99. The first-order valence-electron chi connectivity index (χ1n) is 6.48. The minimum absolute atomic E-state index is 0.0453. The first kappa shape index (κ1) is 15.4. The summed E-state index contributed by atoms with van der Waals surface area (Å²) in [6.07, 6.45) is 1.50. The van der Waals surface area contributed by atoms with Crippen LogP contribution in [0.25, 0.3) is 0 Å². The third kappa shape index (κ3) is 4.80. The number of rotatable bonds is 7. The summed E-state index contributed by atoms with van der Waals surface area (Å²) in [6, 6.07) is 9.86. The van der Waals surface area contributed by atoms with Crippen molar-refractivity contribution >= 4 is 15.7 Å². The van der Waals surface area contributed by atoms with Gasteiger partial charge in [-0.25, -0.2) is 13.1 Å². The normalized spacial score (nSPS) is 13.0. The summed E-state index contributed by atoms with van der Waals surface area (Å²) in [5.41, 5.74) is 6.18. The third-order valence-electron chi connectivity index (χ3n) is 2.81. The highest BCUT2D eigenvalue weighted by Crippen LogP contribution is 2.15. The van der Waals surface area contributed by atoms with Crippen LogP contribution in [0.2, 0.25) is 0 Å². The average molecular weight is 310 g/mol. The molecule has 1 unspecified atom stereocenters. The van der Waals surface area contributed by atoms with Crippen molar-refractivity contribution < 1.29 is 17.6 Å². The molecule has 0 fully saturated rings. The number of sulfonamides is 1. The van der Waals surface area contributed by atoms with Crippen LogP contribution in [0.15, 0.2) is 47.1 Å². The number of nitrogens with one attached hydrogen (secondary N) is 1. The van der Waals surface area contributed by atoms with Crippen LogP contribution in [0.5, 0.6) is 5.75 Å². The summed E-state index contributed by atoms with van der Waals surface area (Å²) >= 11 is 0. The fraction of sp³-hybridized carbons (Fsp3) is 0.286. The number of nitrogens with two attached hydrogens (primary N) is 1. The molecule has 7 heteroatoms. The second-order valence-corrected chi connectivity index (χ2v) is 6.47. The lowest BCUT2D eigenvalue weighted by atomic mass is 10.3. The summed E-state index contributed by atoms with van der Waals surface area (Å²) in [5.74, 6) is 0.965. The van der Waals surface area contributed by atoms with Gasteiger partial charge in [-0.3, -0.25) is 0 Å². The quantitative estimate of drug-likeness (QED) is 0.762. The van der Waals surface area contributed by atoms with Crippen LogP contribution in [0, 0.1) is 0 Å². The first-order chi connectivity index (χ1) is 9.96. The van der Waals surface area contributed by atoms with Crippen molar-refractivity contribution in [2.45, 2.75) is 13.0 Å². The van der Waals surface area contributed by atoms with Crippen molar-refractivity contribution in [3.63, 3.8) is 0 Å². The molecule has 0 aliphatic heterocycles. The molecule has 21 heavy (non-hydrogen) atoms. The number of nitrogen functional groups attached to an aromatic ring is 1. The van der Waals surface area contributed by atoms with Gasteiger partial charge in [-0.1, -0.05) is 6.07 Å². The predicted molar refractivity (Wildman–Crippen MR) is 80.4 cm³/mol. The van der Waals surface area contributed by atoms with E-state index in [1.54, 1.807) is 43.3 Å². The highest BCUT2D eigenvalue weighted by Gasteiger charge is 2.17. The Morgan fingerprint density at radius 3 is 2.81 bits per heavy atom. The summed E-state index contributed by atoms with van der Waals surface area (Å²) < 4.78 is 36.9. The van der Waals surface area contributed by atoms with E-state index in [1.165, 1.54) is 6.26 Å². The molecule has 0 saturated heterocycles. The molecule has 0 radical (unpaired) electrons. The molecule has 0 amide bonds. The van der Waals surface area contributed by atoms with Gasteiger partial charge in [-0.2, -0.15) is 0 Å². The van der Waals surface area contributed by atoms with E-state index in [2.05, 4.69) is 4.72 Å². The smallest absolute Gasteiger partial charge is 0.215 e. The summed E-state index contributed by atoms with van der Waals surface area (Å²) in [6.45, 7) is 1.76. The highest BCUT2D eigenvalue weighted by atomic mass is 32.2.